The molecule has 0 heterocycles. The number of anilines is 1. The number of benzene rings is 1. The van der Waals surface area contributed by atoms with E-state index in [1.165, 1.54) is 24.0 Å². The van der Waals surface area contributed by atoms with E-state index < -0.39 is 0 Å². The summed E-state index contributed by atoms with van der Waals surface area (Å²) in [5.41, 5.74) is 3.29. The van der Waals surface area contributed by atoms with Crippen LogP contribution in [-0.4, -0.2) is 5.91 Å². The number of carbonyl (C=O) groups excluding carboxylic acids is 1. The minimum atomic E-state index is 0.131. The lowest BCUT2D eigenvalue weighted by Crippen LogP contribution is -2.11. The van der Waals surface area contributed by atoms with Crippen LogP contribution in [0.2, 0.25) is 0 Å². The minimum absolute atomic E-state index is 0.131. The molecule has 0 aliphatic rings. The molecular formula is C15H23NO. The van der Waals surface area contributed by atoms with E-state index in [1.807, 2.05) is 26.0 Å². The quantitative estimate of drug-likeness (QED) is 0.733. The van der Waals surface area contributed by atoms with Crippen LogP contribution in [0.5, 0.6) is 0 Å². The minimum Gasteiger partial charge on any atom is -0.326 e. The number of hydrogen-bond acceptors (Lipinski definition) is 1. The number of nitrogens with one attached hydrogen (secondary N) is 1. The zero-order valence-corrected chi connectivity index (χ0v) is 11.2. The van der Waals surface area contributed by atoms with Crippen molar-refractivity contribution in [2.75, 3.05) is 5.32 Å². The van der Waals surface area contributed by atoms with Crippen molar-refractivity contribution in [2.45, 2.75) is 52.9 Å². The molecule has 2 nitrogen and oxygen atoms in total. The fourth-order valence-corrected chi connectivity index (χ4v) is 1.98. The summed E-state index contributed by atoms with van der Waals surface area (Å²) in [5, 5.41) is 2.96. The van der Waals surface area contributed by atoms with Gasteiger partial charge >= 0.3 is 0 Å². The lowest BCUT2D eigenvalue weighted by atomic mass is 10.1. The number of aryl methyl sites for hydroxylation is 2. The highest BCUT2D eigenvalue weighted by Gasteiger charge is 2.02. The SMILES string of the molecule is CCCCCCC(=O)Nc1cc(C)cc(C)c1. The first-order chi connectivity index (χ1) is 8.11. The van der Waals surface area contributed by atoms with Crippen LogP contribution in [0.15, 0.2) is 18.2 Å². The van der Waals surface area contributed by atoms with E-state index in [-0.39, 0.29) is 5.91 Å². The third-order valence-electron chi connectivity index (χ3n) is 2.76. The number of unbranched alkanes of at least 4 members (excludes halogenated alkanes) is 3. The van der Waals surface area contributed by atoms with Crippen molar-refractivity contribution >= 4 is 11.6 Å². The van der Waals surface area contributed by atoms with Gasteiger partial charge in [0.2, 0.25) is 5.91 Å². The van der Waals surface area contributed by atoms with Crippen LogP contribution in [-0.2, 0) is 4.79 Å². The first kappa shape index (κ1) is 13.8. The highest BCUT2D eigenvalue weighted by atomic mass is 16.1. The summed E-state index contributed by atoms with van der Waals surface area (Å²) in [7, 11) is 0. The fourth-order valence-electron chi connectivity index (χ4n) is 1.98. The van der Waals surface area contributed by atoms with Crippen LogP contribution in [0.4, 0.5) is 5.69 Å². The van der Waals surface area contributed by atoms with Gasteiger partial charge in [-0.2, -0.15) is 0 Å². The predicted octanol–water partition coefficient (Wildman–Crippen LogP) is 4.21. The van der Waals surface area contributed by atoms with Gasteiger partial charge in [0.15, 0.2) is 0 Å². The molecule has 0 radical (unpaired) electrons. The van der Waals surface area contributed by atoms with Crippen molar-refractivity contribution in [3.63, 3.8) is 0 Å². The molecule has 0 unspecified atom stereocenters. The molecule has 1 N–H and O–H groups in total. The van der Waals surface area contributed by atoms with E-state index in [0.29, 0.717) is 6.42 Å². The van der Waals surface area contributed by atoms with Crippen molar-refractivity contribution < 1.29 is 4.79 Å². The molecule has 1 rings (SSSR count). The van der Waals surface area contributed by atoms with Gasteiger partial charge in [-0.15, -0.1) is 0 Å². The average molecular weight is 233 g/mol. The molecule has 0 atom stereocenters. The highest BCUT2D eigenvalue weighted by molar-refractivity contribution is 5.90. The standard InChI is InChI=1S/C15H23NO/c1-4-5-6-7-8-15(17)16-14-10-12(2)9-13(3)11-14/h9-11H,4-8H2,1-3H3,(H,16,17). The first-order valence-corrected chi connectivity index (χ1v) is 6.50. The molecule has 0 fully saturated rings. The third kappa shape index (κ3) is 5.53. The number of rotatable bonds is 6. The summed E-state index contributed by atoms with van der Waals surface area (Å²) < 4.78 is 0. The third-order valence-corrected chi connectivity index (χ3v) is 2.76. The van der Waals surface area contributed by atoms with Gasteiger partial charge in [-0.25, -0.2) is 0 Å². The van der Waals surface area contributed by atoms with Crippen LogP contribution in [0.1, 0.15) is 50.2 Å². The zero-order chi connectivity index (χ0) is 12.7. The summed E-state index contributed by atoms with van der Waals surface area (Å²) in [4.78, 5) is 11.7. The maximum atomic E-state index is 11.7. The largest absolute Gasteiger partial charge is 0.326 e. The Bertz CT molecular complexity index is 351. The van der Waals surface area contributed by atoms with Crippen LogP contribution < -0.4 is 5.32 Å². The molecule has 94 valence electrons. The lowest BCUT2D eigenvalue weighted by molar-refractivity contribution is -0.116. The molecule has 17 heavy (non-hydrogen) atoms. The van der Waals surface area contributed by atoms with Gasteiger partial charge < -0.3 is 5.32 Å². The van der Waals surface area contributed by atoms with Gasteiger partial charge in [0.05, 0.1) is 0 Å². The van der Waals surface area contributed by atoms with Crippen molar-refractivity contribution in [1.82, 2.24) is 0 Å². The lowest BCUT2D eigenvalue weighted by Gasteiger charge is -2.07. The van der Waals surface area contributed by atoms with Crippen LogP contribution in [0, 0.1) is 13.8 Å². The van der Waals surface area contributed by atoms with E-state index in [1.54, 1.807) is 0 Å². The second-order valence-electron chi connectivity index (χ2n) is 4.74. The molecule has 0 aliphatic carbocycles. The molecule has 0 saturated heterocycles. The Morgan fingerprint density at radius 1 is 1.06 bits per heavy atom. The van der Waals surface area contributed by atoms with Gasteiger partial charge in [0, 0.05) is 12.1 Å². The number of carbonyl (C=O) groups is 1. The van der Waals surface area contributed by atoms with Crippen molar-refractivity contribution in [3.8, 4) is 0 Å². The van der Waals surface area contributed by atoms with E-state index in [0.717, 1.165) is 18.5 Å². The van der Waals surface area contributed by atoms with Gasteiger partial charge in [-0.05, 0) is 43.5 Å². The molecule has 1 aromatic rings. The summed E-state index contributed by atoms with van der Waals surface area (Å²) in [5.74, 6) is 0.131. The molecule has 0 aromatic heterocycles. The smallest absolute Gasteiger partial charge is 0.224 e. The monoisotopic (exact) mass is 233 g/mol. The Labute approximate surface area is 104 Å². The average Bonchev–Trinajstić information content (AvgIpc) is 2.23. The van der Waals surface area contributed by atoms with Crippen LogP contribution >= 0.6 is 0 Å². The van der Waals surface area contributed by atoms with E-state index in [9.17, 15) is 4.79 Å². The Morgan fingerprint density at radius 3 is 2.29 bits per heavy atom. The second-order valence-corrected chi connectivity index (χ2v) is 4.74. The normalized spacial score (nSPS) is 10.3. The van der Waals surface area contributed by atoms with Crippen molar-refractivity contribution in [1.29, 1.82) is 0 Å². The van der Waals surface area contributed by atoms with Crippen LogP contribution in [0.25, 0.3) is 0 Å². The van der Waals surface area contributed by atoms with Crippen molar-refractivity contribution in [3.05, 3.63) is 29.3 Å². The van der Waals surface area contributed by atoms with Crippen molar-refractivity contribution in [2.24, 2.45) is 0 Å². The summed E-state index contributed by atoms with van der Waals surface area (Å²) in [6.07, 6.45) is 5.20. The van der Waals surface area contributed by atoms with E-state index in [2.05, 4.69) is 18.3 Å². The fraction of sp³-hybridized carbons (Fsp3) is 0.533. The predicted molar refractivity (Wildman–Crippen MR) is 73.3 cm³/mol. The molecule has 2 heteroatoms. The molecule has 0 aliphatic heterocycles. The molecule has 1 amide bonds. The van der Waals surface area contributed by atoms with Gasteiger partial charge in [-0.1, -0.05) is 32.3 Å². The molecule has 1 aromatic carbocycles. The number of amides is 1. The first-order valence-electron chi connectivity index (χ1n) is 6.50. The van der Waals surface area contributed by atoms with Gasteiger partial charge in [0.25, 0.3) is 0 Å². The summed E-state index contributed by atoms with van der Waals surface area (Å²) in [6, 6.07) is 6.13. The summed E-state index contributed by atoms with van der Waals surface area (Å²) >= 11 is 0. The summed E-state index contributed by atoms with van der Waals surface area (Å²) in [6.45, 7) is 6.27. The van der Waals surface area contributed by atoms with Crippen LogP contribution in [0.3, 0.4) is 0 Å². The molecule has 0 saturated carbocycles. The van der Waals surface area contributed by atoms with E-state index in [4.69, 9.17) is 0 Å². The van der Waals surface area contributed by atoms with Gasteiger partial charge in [-0.3, -0.25) is 4.79 Å². The Balaban J connectivity index is 2.39. The molecular weight excluding hydrogens is 210 g/mol. The second kappa shape index (κ2) is 7.10. The molecule has 0 bridgehead atoms. The maximum Gasteiger partial charge on any atom is 0.224 e. The number of hydrogen-bond donors (Lipinski definition) is 1. The molecule has 0 spiro atoms. The highest BCUT2D eigenvalue weighted by Crippen LogP contribution is 2.14. The topological polar surface area (TPSA) is 29.1 Å². The Hall–Kier alpha value is -1.31. The zero-order valence-electron chi connectivity index (χ0n) is 11.2. The maximum absolute atomic E-state index is 11.7. The van der Waals surface area contributed by atoms with Gasteiger partial charge in [0.1, 0.15) is 0 Å². The Kier molecular flexibility index (Phi) is 5.75. The van der Waals surface area contributed by atoms with E-state index >= 15 is 0 Å². The Morgan fingerprint density at radius 2 is 1.71 bits per heavy atom.